The number of fused-ring (bicyclic) bond motifs is 1. The van der Waals surface area contributed by atoms with Crippen molar-refractivity contribution in [1.82, 2.24) is 5.32 Å². The molecular formula is C17H24N2O2. The molecule has 2 aliphatic rings. The predicted molar refractivity (Wildman–Crippen MR) is 83.5 cm³/mol. The van der Waals surface area contributed by atoms with Gasteiger partial charge in [-0.15, -0.1) is 0 Å². The Kier molecular flexibility index (Phi) is 3.89. The maximum absolute atomic E-state index is 12.8. The summed E-state index contributed by atoms with van der Waals surface area (Å²) in [7, 11) is 0. The van der Waals surface area contributed by atoms with Gasteiger partial charge in [-0.3, -0.25) is 4.79 Å². The second-order valence-electron chi connectivity index (χ2n) is 6.58. The van der Waals surface area contributed by atoms with Crippen LogP contribution in [0.15, 0.2) is 24.3 Å². The quantitative estimate of drug-likeness (QED) is 0.879. The van der Waals surface area contributed by atoms with Crippen molar-refractivity contribution in [2.24, 2.45) is 0 Å². The topological polar surface area (TPSA) is 50.4 Å². The third-order valence-electron chi connectivity index (χ3n) is 4.67. The summed E-state index contributed by atoms with van der Waals surface area (Å²) in [5.41, 5.74) is 2.08. The van der Waals surface area contributed by atoms with E-state index in [1.54, 1.807) is 0 Å². The van der Waals surface area contributed by atoms with E-state index in [0.29, 0.717) is 6.04 Å². The van der Waals surface area contributed by atoms with Crippen LogP contribution in [0.5, 0.6) is 0 Å². The summed E-state index contributed by atoms with van der Waals surface area (Å²) in [6.45, 7) is 5.72. The molecule has 0 aliphatic carbocycles. The van der Waals surface area contributed by atoms with Crippen molar-refractivity contribution in [3.63, 3.8) is 0 Å². The maximum atomic E-state index is 12.8. The lowest BCUT2D eigenvalue weighted by molar-refractivity contribution is -0.125. The molecule has 2 N–H and O–H groups in total. The van der Waals surface area contributed by atoms with Crippen LogP contribution in [0.4, 0.5) is 5.69 Å². The third kappa shape index (κ3) is 3.05. The molecule has 0 radical (unpaired) electrons. The van der Waals surface area contributed by atoms with Crippen LogP contribution in [0.25, 0.3) is 0 Å². The van der Waals surface area contributed by atoms with Crippen molar-refractivity contribution in [3.05, 3.63) is 29.8 Å². The molecule has 1 fully saturated rings. The van der Waals surface area contributed by atoms with Gasteiger partial charge in [0.1, 0.15) is 0 Å². The summed E-state index contributed by atoms with van der Waals surface area (Å²) in [4.78, 5) is 12.8. The number of carbonyl (C=O) groups is 1. The first-order chi connectivity index (χ1) is 10.1. The highest BCUT2D eigenvalue weighted by atomic mass is 16.5. The average Bonchev–Trinajstić information content (AvgIpc) is 2.46. The standard InChI is InChI=1S/C17H24N2O2/c1-12-11-14(13-5-3-4-6-15(13)18-12)16(20)19-17(2)7-9-21-10-8-17/h3-6,12,14,18H,7-11H2,1-2H3,(H,19,20). The monoisotopic (exact) mass is 288 g/mol. The molecule has 2 unspecified atom stereocenters. The minimum absolute atomic E-state index is 0.0582. The van der Waals surface area contributed by atoms with E-state index in [2.05, 4.69) is 36.6 Å². The molecule has 1 aromatic carbocycles. The van der Waals surface area contributed by atoms with Crippen LogP contribution >= 0.6 is 0 Å². The van der Waals surface area contributed by atoms with Crippen molar-refractivity contribution in [3.8, 4) is 0 Å². The molecule has 0 spiro atoms. The lowest BCUT2D eigenvalue weighted by atomic mass is 9.85. The minimum Gasteiger partial charge on any atom is -0.382 e. The van der Waals surface area contributed by atoms with E-state index < -0.39 is 0 Å². The molecule has 0 saturated carbocycles. The van der Waals surface area contributed by atoms with E-state index in [9.17, 15) is 4.79 Å². The lowest BCUT2D eigenvalue weighted by Gasteiger charge is -2.37. The fraction of sp³-hybridized carbons (Fsp3) is 0.588. The Labute approximate surface area is 126 Å². The maximum Gasteiger partial charge on any atom is 0.228 e. The molecular weight excluding hydrogens is 264 g/mol. The zero-order chi connectivity index (χ0) is 14.9. The van der Waals surface area contributed by atoms with Gasteiger partial charge in [-0.05, 0) is 44.7 Å². The largest absolute Gasteiger partial charge is 0.382 e. The van der Waals surface area contributed by atoms with Gasteiger partial charge in [-0.25, -0.2) is 0 Å². The first-order valence-corrected chi connectivity index (χ1v) is 7.83. The van der Waals surface area contributed by atoms with E-state index in [0.717, 1.165) is 43.7 Å². The Hall–Kier alpha value is -1.55. The van der Waals surface area contributed by atoms with Gasteiger partial charge >= 0.3 is 0 Å². The van der Waals surface area contributed by atoms with Crippen LogP contribution in [0.2, 0.25) is 0 Å². The molecule has 4 heteroatoms. The number of hydrogen-bond donors (Lipinski definition) is 2. The average molecular weight is 288 g/mol. The highest BCUT2D eigenvalue weighted by Crippen LogP contribution is 2.35. The van der Waals surface area contributed by atoms with Gasteiger partial charge in [0.15, 0.2) is 0 Å². The smallest absolute Gasteiger partial charge is 0.228 e. The highest BCUT2D eigenvalue weighted by Gasteiger charge is 2.35. The predicted octanol–water partition coefficient (Wildman–Crippen LogP) is 2.66. The number of para-hydroxylation sites is 1. The Morgan fingerprint density at radius 2 is 2.05 bits per heavy atom. The minimum atomic E-state index is -0.127. The SMILES string of the molecule is CC1CC(C(=O)NC2(C)CCOCC2)c2ccccc2N1. The highest BCUT2D eigenvalue weighted by molar-refractivity contribution is 5.87. The first-order valence-electron chi connectivity index (χ1n) is 7.83. The lowest BCUT2D eigenvalue weighted by Crippen LogP contribution is -2.51. The van der Waals surface area contributed by atoms with E-state index in [1.807, 2.05) is 12.1 Å². The molecule has 0 bridgehead atoms. The molecule has 2 atom stereocenters. The second kappa shape index (κ2) is 5.68. The molecule has 2 heterocycles. The Bertz CT molecular complexity index is 523. The van der Waals surface area contributed by atoms with Crippen LogP contribution in [-0.4, -0.2) is 30.7 Å². The van der Waals surface area contributed by atoms with Crippen LogP contribution in [0.3, 0.4) is 0 Å². The van der Waals surface area contributed by atoms with Crippen molar-refractivity contribution in [1.29, 1.82) is 0 Å². The first kappa shape index (κ1) is 14.4. The van der Waals surface area contributed by atoms with Crippen LogP contribution in [0, 0.1) is 0 Å². The van der Waals surface area contributed by atoms with Gasteiger partial charge in [-0.2, -0.15) is 0 Å². The number of hydrogen-bond acceptors (Lipinski definition) is 3. The normalized spacial score (nSPS) is 27.3. The number of amides is 1. The zero-order valence-corrected chi connectivity index (χ0v) is 12.8. The molecule has 21 heavy (non-hydrogen) atoms. The summed E-state index contributed by atoms with van der Waals surface area (Å²) in [6, 6.07) is 8.45. The van der Waals surface area contributed by atoms with Crippen LogP contribution in [-0.2, 0) is 9.53 Å². The van der Waals surface area contributed by atoms with E-state index >= 15 is 0 Å². The van der Waals surface area contributed by atoms with Gasteiger partial charge in [0.2, 0.25) is 5.91 Å². The van der Waals surface area contributed by atoms with Crippen LogP contribution < -0.4 is 10.6 Å². The van der Waals surface area contributed by atoms with Gasteiger partial charge in [-0.1, -0.05) is 18.2 Å². The number of ether oxygens (including phenoxy) is 1. The third-order valence-corrected chi connectivity index (χ3v) is 4.67. The number of benzene rings is 1. The fourth-order valence-electron chi connectivity index (χ4n) is 3.32. The zero-order valence-electron chi connectivity index (χ0n) is 12.8. The molecule has 1 aromatic rings. The summed E-state index contributed by atoms with van der Waals surface area (Å²) >= 11 is 0. The molecule has 0 aromatic heterocycles. The summed E-state index contributed by atoms with van der Waals surface area (Å²) in [5.74, 6) is 0.0947. The number of carbonyl (C=O) groups excluding carboxylic acids is 1. The van der Waals surface area contributed by atoms with Crippen molar-refractivity contribution in [2.45, 2.75) is 50.6 Å². The van der Waals surface area contributed by atoms with E-state index in [1.165, 1.54) is 0 Å². The second-order valence-corrected chi connectivity index (χ2v) is 6.58. The molecule has 1 saturated heterocycles. The van der Waals surface area contributed by atoms with E-state index in [-0.39, 0.29) is 17.4 Å². The Morgan fingerprint density at radius 3 is 2.81 bits per heavy atom. The number of anilines is 1. The number of nitrogens with one attached hydrogen (secondary N) is 2. The van der Waals surface area contributed by atoms with Gasteiger partial charge in [0, 0.05) is 30.5 Å². The van der Waals surface area contributed by atoms with Gasteiger partial charge < -0.3 is 15.4 Å². The molecule has 2 aliphatic heterocycles. The summed E-state index contributed by atoms with van der Waals surface area (Å²) < 4.78 is 5.40. The molecule has 3 rings (SSSR count). The van der Waals surface area contributed by atoms with Crippen molar-refractivity contribution in [2.75, 3.05) is 18.5 Å². The molecule has 114 valence electrons. The molecule has 1 amide bonds. The summed E-state index contributed by atoms with van der Waals surface area (Å²) in [5, 5.41) is 6.74. The summed E-state index contributed by atoms with van der Waals surface area (Å²) in [6.07, 6.45) is 2.62. The fourth-order valence-corrected chi connectivity index (χ4v) is 3.32. The van der Waals surface area contributed by atoms with Crippen molar-refractivity contribution < 1.29 is 9.53 Å². The molecule has 4 nitrogen and oxygen atoms in total. The van der Waals surface area contributed by atoms with Crippen molar-refractivity contribution >= 4 is 11.6 Å². The van der Waals surface area contributed by atoms with Gasteiger partial charge in [0.25, 0.3) is 0 Å². The van der Waals surface area contributed by atoms with Gasteiger partial charge in [0.05, 0.1) is 5.92 Å². The van der Waals surface area contributed by atoms with Crippen LogP contribution in [0.1, 0.15) is 44.6 Å². The Balaban J connectivity index is 1.78. The Morgan fingerprint density at radius 1 is 1.33 bits per heavy atom. The number of rotatable bonds is 2. The van der Waals surface area contributed by atoms with E-state index in [4.69, 9.17) is 4.74 Å².